The zero-order chi connectivity index (χ0) is 10.8. The lowest BCUT2D eigenvalue weighted by atomic mass is 10.2. The van der Waals surface area contributed by atoms with E-state index in [0.29, 0.717) is 12.4 Å². The number of hydrogen-bond donors (Lipinski definition) is 0. The lowest BCUT2D eigenvalue weighted by molar-refractivity contribution is -0.142. The molecule has 0 aliphatic carbocycles. The predicted molar refractivity (Wildman–Crippen MR) is 61.1 cm³/mol. The normalized spacial score (nSPS) is 38.2. The van der Waals surface area contributed by atoms with Crippen LogP contribution >= 0.6 is 0 Å². The van der Waals surface area contributed by atoms with Gasteiger partial charge >= 0.3 is 0 Å². The van der Waals surface area contributed by atoms with Crippen LogP contribution in [0.4, 0.5) is 0 Å². The zero-order valence-corrected chi connectivity index (χ0v) is 9.94. The summed E-state index contributed by atoms with van der Waals surface area (Å²) >= 11 is 0. The quantitative estimate of drug-likeness (QED) is 0.698. The van der Waals surface area contributed by atoms with Crippen LogP contribution in [0.15, 0.2) is 0 Å². The van der Waals surface area contributed by atoms with Gasteiger partial charge in [-0.1, -0.05) is 0 Å². The summed E-state index contributed by atoms with van der Waals surface area (Å²) < 4.78 is 11.5. The Morgan fingerprint density at radius 1 is 0.938 bits per heavy atom. The third-order valence-corrected chi connectivity index (χ3v) is 3.98. The second-order valence-electron chi connectivity index (χ2n) is 5.00. The second-order valence-corrected chi connectivity index (χ2v) is 5.00. The first-order valence-corrected chi connectivity index (χ1v) is 6.64. The summed E-state index contributed by atoms with van der Waals surface area (Å²) in [6.45, 7) is 6.17. The molecule has 3 aliphatic heterocycles. The van der Waals surface area contributed by atoms with Crippen LogP contribution in [0, 0.1) is 0 Å². The average molecular weight is 226 g/mol. The molecule has 2 unspecified atom stereocenters. The molecule has 3 fully saturated rings. The molecule has 3 heterocycles. The monoisotopic (exact) mass is 226 g/mol. The molecule has 0 spiro atoms. The van der Waals surface area contributed by atoms with Crippen LogP contribution in [0.1, 0.15) is 25.7 Å². The van der Waals surface area contributed by atoms with Crippen molar-refractivity contribution >= 4 is 0 Å². The Bertz CT molecular complexity index is 201. The van der Waals surface area contributed by atoms with Crippen LogP contribution in [-0.2, 0) is 9.47 Å². The van der Waals surface area contributed by atoms with E-state index in [-0.39, 0.29) is 0 Å². The van der Waals surface area contributed by atoms with E-state index in [1.807, 2.05) is 0 Å². The van der Waals surface area contributed by atoms with E-state index in [4.69, 9.17) is 9.47 Å². The van der Waals surface area contributed by atoms with Crippen molar-refractivity contribution in [1.29, 1.82) is 0 Å². The van der Waals surface area contributed by atoms with E-state index < -0.39 is 0 Å². The molecule has 92 valence electrons. The number of morpholine rings is 1. The number of nitrogens with zero attached hydrogens (tertiary/aromatic N) is 2. The average Bonchev–Trinajstić information content (AvgIpc) is 3.03. The van der Waals surface area contributed by atoms with Gasteiger partial charge in [-0.15, -0.1) is 0 Å². The Balaban J connectivity index is 1.67. The number of hydrogen-bond acceptors (Lipinski definition) is 4. The van der Waals surface area contributed by atoms with Gasteiger partial charge in [-0.25, -0.2) is 0 Å². The molecule has 4 heteroatoms. The summed E-state index contributed by atoms with van der Waals surface area (Å²) in [5.74, 6) is 0. The molecule has 0 N–H and O–H groups in total. The first kappa shape index (κ1) is 11.0. The van der Waals surface area contributed by atoms with E-state index >= 15 is 0 Å². The van der Waals surface area contributed by atoms with Crippen molar-refractivity contribution in [2.45, 2.75) is 38.1 Å². The summed E-state index contributed by atoms with van der Waals surface area (Å²) in [5.41, 5.74) is 0. The van der Waals surface area contributed by atoms with Crippen LogP contribution in [0.2, 0.25) is 0 Å². The van der Waals surface area contributed by atoms with Crippen LogP contribution in [-0.4, -0.2) is 61.6 Å². The van der Waals surface area contributed by atoms with E-state index in [0.717, 1.165) is 26.4 Å². The largest absolute Gasteiger partial charge is 0.377 e. The highest BCUT2D eigenvalue weighted by molar-refractivity contribution is 4.82. The minimum Gasteiger partial charge on any atom is -0.377 e. The molecule has 0 bridgehead atoms. The van der Waals surface area contributed by atoms with Crippen molar-refractivity contribution in [3.8, 4) is 0 Å². The third-order valence-electron chi connectivity index (χ3n) is 3.98. The molecule has 3 aliphatic rings. The molecule has 3 rings (SSSR count). The van der Waals surface area contributed by atoms with Crippen molar-refractivity contribution in [3.05, 3.63) is 0 Å². The van der Waals surface area contributed by atoms with Crippen LogP contribution in [0.25, 0.3) is 0 Å². The molecule has 0 aromatic carbocycles. The van der Waals surface area contributed by atoms with E-state index in [2.05, 4.69) is 9.80 Å². The summed E-state index contributed by atoms with van der Waals surface area (Å²) in [6.07, 6.45) is 5.93. The zero-order valence-electron chi connectivity index (χ0n) is 9.94. The lowest BCUT2D eigenvalue weighted by Crippen LogP contribution is -2.57. The molecule has 0 amide bonds. The van der Waals surface area contributed by atoms with Crippen molar-refractivity contribution in [1.82, 2.24) is 9.80 Å². The minimum absolute atomic E-state index is 0.356. The number of likely N-dealkylation sites (tertiary alicyclic amines) is 1. The summed E-state index contributed by atoms with van der Waals surface area (Å²) in [6, 6.07) is 0. The highest BCUT2D eigenvalue weighted by atomic mass is 16.5. The minimum atomic E-state index is 0.356. The smallest absolute Gasteiger partial charge is 0.112 e. The summed E-state index contributed by atoms with van der Waals surface area (Å²) in [7, 11) is 0. The topological polar surface area (TPSA) is 24.9 Å². The molecular formula is C12H22N2O2. The molecule has 0 aromatic rings. The first-order chi connectivity index (χ1) is 7.95. The fourth-order valence-electron chi connectivity index (χ4n) is 3.12. The van der Waals surface area contributed by atoms with Gasteiger partial charge in [0.15, 0.2) is 0 Å². The fourth-order valence-corrected chi connectivity index (χ4v) is 3.12. The van der Waals surface area contributed by atoms with Gasteiger partial charge in [-0.2, -0.15) is 0 Å². The second kappa shape index (κ2) is 5.00. The van der Waals surface area contributed by atoms with Crippen molar-refractivity contribution in [2.24, 2.45) is 0 Å². The summed E-state index contributed by atoms with van der Waals surface area (Å²) in [5, 5.41) is 0. The van der Waals surface area contributed by atoms with E-state index in [1.54, 1.807) is 0 Å². The van der Waals surface area contributed by atoms with Gasteiger partial charge in [0.1, 0.15) is 6.23 Å². The molecule has 0 aromatic heterocycles. The standard InChI is InChI=1S/C12H22N2O2/c1-2-6-13(5-1)11-10-15-9-7-14(11)12-4-3-8-16-12/h11-12H,1-10H2. The molecule has 4 nitrogen and oxygen atoms in total. The number of ether oxygens (including phenoxy) is 2. The molecule has 2 atom stereocenters. The van der Waals surface area contributed by atoms with Crippen molar-refractivity contribution in [3.63, 3.8) is 0 Å². The fraction of sp³-hybridized carbons (Fsp3) is 1.00. The summed E-state index contributed by atoms with van der Waals surface area (Å²) in [4.78, 5) is 5.10. The predicted octanol–water partition coefficient (Wildman–Crippen LogP) is 0.877. The van der Waals surface area contributed by atoms with Gasteiger partial charge in [0.2, 0.25) is 0 Å². The van der Waals surface area contributed by atoms with E-state index in [9.17, 15) is 0 Å². The van der Waals surface area contributed by atoms with Crippen molar-refractivity contribution < 1.29 is 9.47 Å². The van der Waals surface area contributed by atoms with Crippen LogP contribution < -0.4 is 0 Å². The Morgan fingerprint density at radius 2 is 1.81 bits per heavy atom. The van der Waals surface area contributed by atoms with Crippen LogP contribution in [0.5, 0.6) is 0 Å². The van der Waals surface area contributed by atoms with Gasteiger partial charge in [0.25, 0.3) is 0 Å². The first-order valence-electron chi connectivity index (χ1n) is 6.64. The maximum absolute atomic E-state index is 5.83. The molecule has 3 saturated heterocycles. The number of rotatable bonds is 2. The van der Waals surface area contributed by atoms with Crippen LogP contribution in [0.3, 0.4) is 0 Å². The highest BCUT2D eigenvalue weighted by Gasteiger charge is 2.36. The van der Waals surface area contributed by atoms with Crippen molar-refractivity contribution in [2.75, 3.05) is 39.5 Å². The Hall–Kier alpha value is -0.160. The van der Waals surface area contributed by atoms with Gasteiger partial charge in [-0.05, 0) is 38.8 Å². The SMILES string of the molecule is C1COC(N2CCOCC2N2CCCC2)C1. The molecule has 16 heavy (non-hydrogen) atoms. The Morgan fingerprint density at radius 3 is 2.56 bits per heavy atom. The van der Waals surface area contributed by atoms with Gasteiger partial charge in [0.05, 0.1) is 19.4 Å². The highest BCUT2D eigenvalue weighted by Crippen LogP contribution is 2.24. The van der Waals surface area contributed by atoms with Gasteiger partial charge in [0, 0.05) is 13.2 Å². The maximum atomic E-state index is 5.83. The Labute approximate surface area is 97.5 Å². The maximum Gasteiger partial charge on any atom is 0.112 e. The lowest BCUT2D eigenvalue weighted by Gasteiger charge is -2.43. The van der Waals surface area contributed by atoms with Gasteiger partial charge in [-0.3, -0.25) is 9.80 Å². The Kier molecular flexibility index (Phi) is 3.43. The molecule has 0 saturated carbocycles. The van der Waals surface area contributed by atoms with Gasteiger partial charge < -0.3 is 9.47 Å². The molecular weight excluding hydrogens is 204 g/mol. The van der Waals surface area contributed by atoms with E-state index in [1.165, 1.54) is 38.8 Å². The molecule has 0 radical (unpaired) electrons. The third kappa shape index (κ3) is 2.12.